The molecule has 0 saturated heterocycles. The van der Waals surface area contributed by atoms with E-state index in [1.54, 1.807) is 20.8 Å². The SMILES string of the molecule is CC(C)(C)OC(=O)N(Cc1cnccc1C(F)(F)F)c1ccc(Br)c(F)n1. The van der Waals surface area contributed by atoms with Gasteiger partial charge in [-0.3, -0.25) is 9.88 Å². The molecule has 1 amide bonds. The summed E-state index contributed by atoms with van der Waals surface area (Å²) in [6, 6.07) is 3.39. The molecule has 0 spiro atoms. The molecule has 0 aliphatic carbocycles. The van der Waals surface area contributed by atoms with Gasteiger partial charge in [0.05, 0.1) is 16.6 Å². The van der Waals surface area contributed by atoms with Crippen LogP contribution < -0.4 is 4.90 Å². The van der Waals surface area contributed by atoms with Crippen molar-refractivity contribution in [2.75, 3.05) is 4.90 Å². The summed E-state index contributed by atoms with van der Waals surface area (Å²) in [4.78, 5) is 20.7. The molecule has 0 N–H and O–H groups in total. The smallest absolute Gasteiger partial charge is 0.416 e. The third-order valence-electron chi connectivity index (χ3n) is 3.22. The van der Waals surface area contributed by atoms with E-state index in [0.29, 0.717) is 0 Å². The Bertz CT molecular complexity index is 838. The van der Waals surface area contributed by atoms with Gasteiger partial charge in [-0.25, -0.2) is 9.78 Å². The quantitative estimate of drug-likeness (QED) is 0.468. The number of ether oxygens (including phenoxy) is 1. The van der Waals surface area contributed by atoms with Crippen molar-refractivity contribution in [1.82, 2.24) is 9.97 Å². The van der Waals surface area contributed by atoms with Gasteiger partial charge in [0.2, 0.25) is 5.95 Å². The first-order valence-electron chi connectivity index (χ1n) is 7.71. The Morgan fingerprint density at radius 2 is 1.89 bits per heavy atom. The van der Waals surface area contributed by atoms with Crippen LogP contribution >= 0.6 is 15.9 Å². The zero-order chi connectivity index (χ0) is 20.4. The van der Waals surface area contributed by atoms with Gasteiger partial charge in [0.15, 0.2) is 0 Å². The minimum Gasteiger partial charge on any atom is -0.443 e. The van der Waals surface area contributed by atoms with Crippen molar-refractivity contribution in [2.24, 2.45) is 0 Å². The van der Waals surface area contributed by atoms with Crippen molar-refractivity contribution in [3.05, 3.63) is 52.1 Å². The Balaban J connectivity index is 2.48. The molecule has 0 unspecified atom stereocenters. The number of pyridine rings is 2. The van der Waals surface area contributed by atoms with Crippen LogP contribution in [0.2, 0.25) is 0 Å². The molecule has 27 heavy (non-hydrogen) atoms. The predicted octanol–water partition coefficient (Wildman–Crippen LogP) is 5.34. The Morgan fingerprint density at radius 1 is 1.22 bits per heavy atom. The summed E-state index contributed by atoms with van der Waals surface area (Å²) < 4.78 is 58.8. The number of anilines is 1. The van der Waals surface area contributed by atoms with E-state index in [4.69, 9.17) is 4.74 Å². The fourth-order valence-corrected chi connectivity index (χ4v) is 2.34. The molecule has 0 aliphatic rings. The first kappa shape index (κ1) is 21.1. The van der Waals surface area contributed by atoms with E-state index < -0.39 is 35.9 Å². The molecular formula is C17H16BrF4N3O2. The summed E-state index contributed by atoms with van der Waals surface area (Å²) >= 11 is 2.94. The largest absolute Gasteiger partial charge is 0.443 e. The summed E-state index contributed by atoms with van der Waals surface area (Å²) in [6.07, 6.45) is -3.61. The minimum atomic E-state index is -4.64. The molecule has 146 valence electrons. The normalized spacial score (nSPS) is 12.0. The Kier molecular flexibility index (Phi) is 6.08. The van der Waals surface area contributed by atoms with Gasteiger partial charge in [-0.2, -0.15) is 17.6 Å². The number of halogens is 5. The summed E-state index contributed by atoms with van der Waals surface area (Å²) in [5.74, 6) is -1.11. The van der Waals surface area contributed by atoms with E-state index in [9.17, 15) is 22.4 Å². The molecule has 2 rings (SSSR count). The second-order valence-corrected chi connectivity index (χ2v) is 7.39. The predicted molar refractivity (Wildman–Crippen MR) is 93.6 cm³/mol. The van der Waals surface area contributed by atoms with Crippen molar-refractivity contribution < 1.29 is 27.1 Å². The van der Waals surface area contributed by atoms with Gasteiger partial charge in [-0.1, -0.05) is 0 Å². The van der Waals surface area contributed by atoms with Gasteiger partial charge >= 0.3 is 12.3 Å². The third kappa shape index (κ3) is 5.62. The monoisotopic (exact) mass is 449 g/mol. The second-order valence-electron chi connectivity index (χ2n) is 6.54. The van der Waals surface area contributed by atoms with E-state index in [1.807, 2.05) is 0 Å². The number of alkyl halides is 3. The average molecular weight is 450 g/mol. The Morgan fingerprint density at radius 3 is 2.44 bits per heavy atom. The fourth-order valence-electron chi connectivity index (χ4n) is 2.11. The topological polar surface area (TPSA) is 55.3 Å². The maximum absolute atomic E-state index is 13.8. The van der Waals surface area contributed by atoms with Gasteiger partial charge in [0.25, 0.3) is 0 Å². The van der Waals surface area contributed by atoms with Crippen LogP contribution in [0.1, 0.15) is 31.9 Å². The number of carbonyl (C=O) groups is 1. The summed E-state index contributed by atoms with van der Waals surface area (Å²) in [6.45, 7) is 4.25. The molecule has 0 fully saturated rings. The molecule has 0 bridgehead atoms. The highest BCUT2D eigenvalue weighted by Gasteiger charge is 2.35. The van der Waals surface area contributed by atoms with Crippen molar-refractivity contribution in [3.63, 3.8) is 0 Å². The summed E-state index contributed by atoms with van der Waals surface area (Å²) in [5.41, 5.74) is -2.14. The highest BCUT2D eigenvalue weighted by Crippen LogP contribution is 2.33. The van der Waals surface area contributed by atoms with Crippen molar-refractivity contribution >= 4 is 27.8 Å². The molecule has 0 aromatic carbocycles. The molecule has 5 nitrogen and oxygen atoms in total. The molecule has 2 aromatic rings. The average Bonchev–Trinajstić information content (AvgIpc) is 2.53. The highest BCUT2D eigenvalue weighted by molar-refractivity contribution is 9.10. The molecule has 10 heteroatoms. The molecule has 2 aromatic heterocycles. The molecule has 2 heterocycles. The van der Waals surface area contributed by atoms with Gasteiger partial charge in [-0.05, 0) is 54.9 Å². The molecule has 0 atom stereocenters. The third-order valence-corrected chi connectivity index (χ3v) is 3.81. The van der Waals surface area contributed by atoms with Crippen LogP contribution in [0.5, 0.6) is 0 Å². The zero-order valence-electron chi connectivity index (χ0n) is 14.6. The maximum Gasteiger partial charge on any atom is 0.416 e. The number of carbonyl (C=O) groups excluding carboxylic acids is 1. The second kappa shape index (κ2) is 7.79. The van der Waals surface area contributed by atoms with Crippen LogP contribution in [0.3, 0.4) is 0 Å². The first-order chi connectivity index (χ1) is 12.4. The maximum atomic E-state index is 13.8. The van der Waals surface area contributed by atoms with Gasteiger partial charge < -0.3 is 4.74 Å². The number of nitrogens with zero attached hydrogens (tertiary/aromatic N) is 3. The standard InChI is InChI=1S/C17H16BrF4N3O2/c1-16(2,3)27-15(26)25(13-5-4-12(18)14(19)24-13)9-10-8-23-7-6-11(10)17(20,21)22/h4-8H,9H2,1-3H3. The van der Waals surface area contributed by atoms with Crippen molar-refractivity contribution in [2.45, 2.75) is 39.1 Å². The lowest BCUT2D eigenvalue weighted by Gasteiger charge is -2.27. The number of hydrogen-bond acceptors (Lipinski definition) is 4. The van der Waals surface area contributed by atoms with E-state index >= 15 is 0 Å². The minimum absolute atomic E-state index is 0.0488. The number of hydrogen-bond donors (Lipinski definition) is 0. The van der Waals surface area contributed by atoms with Crippen LogP contribution in [-0.4, -0.2) is 21.7 Å². The molecule has 0 radical (unpaired) electrons. The zero-order valence-corrected chi connectivity index (χ0v) is 16.2. The number of aromatic nitrogens is 2. The van der Waals surface area contributed by atoms with Crippen LogP contribution in [-0.2, 0) is 17.5 Å². The Labute approximate surface area is 161 Å². The van der Waals surface area contributed by atoms with Gasteiger partial charge in [0.1, 0.15) is 11.4 Å². The van der Waals surface area contributed by atoms with Gasteiger partial charge in [-0.15, -0.1) is 0 Å². The Hall–Kier alpha value is -2.23. The summed E-state index contributed by atoms with van der Waals surface area (Å²) in [5, 5.41) is 0. The molecule has 0 saturated carbocycles. The van der Waals surface area contributed by atoms with Crippen LogP contribution in [0.4, 0.5) is 28.2 Å². The lowest BCUT2D eigenvalue weighted by molar-refractivity contribution is -0.138. The van der Waals surface area contributed by atoms with E-state index in [2.05, 4.69) is 25.9 Å². The van der Waals surface area contributed by atoms with Gasteiger partial charge in [0, 0.05) is 18.0 Å². The van der Waals surface area contributed by atoms with E-state index in [0.717, 1.165) is 23.4 Å². The van der Waals surface area contributed by atoms with E-state index in [1.165, 1.54) is 12.1 Å². The van der Waals surface area contributed by atoms with E-state index in [-0.39, 0.29) is 15.9 Å². The van der Waals surface area contributed by atoms with Crippen LogP contribution in [0, 0.1) is 5.95 Å². The number of amides is 1. The van der Waals surface area contributed by atoms with Crippen LogP contribution in [0.25, 0.3) is 0 Å². The first-order valence-corrected chi connectivity index (χ1v) is 8.50. The number of rotatable bonds is 3. The lowest BCUT2D eigenvalue weighted by Crippen LogP contribution is -2.37. The summed E-state index contributed by atoms with van der Waals surface area (Å²) in [7, 11) is 0. The fraction of sp³-hybridized carbons (Fsp3) is 0.353. The highest BCUT2D eigenvalue weighted by atomic mass is 79.9. The molecule has 0 aliphatic heterocycles. The van der Waals surface area contributed by atoms with Crippen molar-refractivity contribution in [1.29, 1.82) is 0 Å². The molecular weight excluding hydrogens is 434 g/mol. The lowest BCUT2D eigenvalue weighted by atomic mass is 10.1. The van der Waals surface area contributed by atoms with Crippen LogP contribution in [0.15, 0.2) is 35.1 Å². The van der Waals surface area contributed by atoms with Crippen molar-refractivity contribution in [3.8, 4) is 0 Å².